The summed E-state index contributed by atoms with van der Waals surface area (Å²) in [7, 11) is 1.55. The van der Waals surface area contributed by atoms with Crippen LogP contribution in [0, 0.1) is 11.5 Å². The van der Waals surface area contributed by atoms with Gasteiger partial charge in [-0.2, -0.15) is 5.26 Å². The number of hydrogen-bond donors (Lipinski definition) is 1. The molecule has 0 atom stereocenters. The van der Waals surface area contributed by atoms with E-state index >= 15 is 0 Å². The third-order valence-corrected chi connectivity index (χ3v) is 2.10. The van der Waals surface area contributed by atoms with Gasteiger partial charge in [0, 0.05) is 6.07 Å². The van der Waals surface area contributed by atoms with Crippen molar-refractivity contribution in [3.8, 4) is 12.1 Å². The Morgan fingerprint density at radius 1 is 1.67 bits per heavy atom. The number of thioether (sulfide) groups is 1. The zero-order valence-corrected chi connectivity index (χ0v) is 9.21. The number of hydrogen-bond acceptors (Lipinski definition) is 5. The molecule has 0 saturated carbocycles. The second-order valence-electron chi connectivity index (χ2n) is 2.42. The van der Waals surface area contributed by atoms with Crippen molar-refractivity contribution in [3.05, 3.63) is 18.3 Å². The van der Waals surface area contributed by atoms with Crippen LogP contribution in [-0.2, 0) is 0 Å². The minimum absolute atomic E-state index is 0.532. The molecule has 1 N–H and O–H groups in total. The highest BCUT2D eigenvalue weighted by Gasteiger charge is 1.97. The maximum atomic E-state index is 8.44. The van der Waals surface area contributed by atoms with Gasteiger partial charge in [-0.15, -0.1) is 0 Å². The van der Waals surface area contributed by atoms with E-state index in [0.717, 1.165) is 0 Å². The summed E-state index contributed by atoms with van der Waals surface area (Å²) in [5, 5.41) is 11.4. The summed E-state index contributed by atoms with van der Waals surface area (Å²) < 4.78 is 4.92. The Hall–Kier alpha value is -1.74. The molecule has 5 nitrogen and oxygen atoms in total. The maximum Gasteiger partial charge on any atom is 0.213 e. The fraction of sp³-hybridized carbons (Fsp3) is 0.222. The fourth-order valence-corrected chi connectivity index (χ4v) is 1.19. The van der Waals surface area contributed by atoms with Crippen LogP contribution in [0.3, 0.4) is 0 Å². The quantitative estimate of drug-likeness (QED) is 0.355. The highest BCUT2D eigenvalue weighted by atomic mass is 32.2. The van der Waals surface area contributed by atoms with Crippen molar-refractivity contribution >= 4 is 22.6 Å². The minimum Gasteiger partial charge on any atom is -0.481 e. The monoisotopic (exact) mass is 222 g/mol. The lowest BCUT2D eigenvalue weighted by molar-refractivity contribution is 0.398. The number of nitriles is 1. The number of aromatic nitrogens is 1. The molecule has 0 fully saturated rings. The second-order valence-corrected chi connectivity index (χ2v) is 3.21. The summed E-state index contributed by atoms with van der Waals surface area (Å²) in [6.45, 7) is 0. The Morgan fingerprint density at radius 3 is 2.93 bits per heavy atom. The van der Waals surface area contributed by atoms with Crippen LogP contribution in [0.5, 0.6) is 5.88 Å². The second kappa shape index (κ2) is 5.88. The first-order valence-corrected chi connectivity index (χ1v) is 5.30. The van der Waals surface area contributed by atoms with E-state index in [9.17, 15) is 0 Å². The predicted octanol–water partition coefficient (Wildman–Crippen LogP) is 1.51. The molecule has 0 aliphatic rings. The summed E-state index contributed by atoms with van der Waals surface area (Å²) in [5.41, 5.74) is 0.669. The zero-order valence-electron chi connectivity index (χ0n) is 8.39. The summed E-state index contributed by atoms with van der Waals surface area (Å²) in [6.07, 6.45) is 5.23. The SMILES string of the molecule is COc1ccc(N=C(NC#N)SC)cn1. The van der Waals surface area contributed by atoms with Gasteiger partial charge >= 0.3 is 0 Å². The molecule has 0 aliphatic heterocycles. The number of aliphatic imine (C=N–C) groups is 1. The largest absolute Gasteiger partial charge is 0.481 e. The van der Waals surface area contributed by atoms with E-state index in [2.05, 4.69) is 15.3 Å². The Labute approximate surface area is 92.2 Å². The van der Waals surface area contributed by atoms with Crippen molar-refractivity contribution in [1.82, 2.24) is 10.3 Å². The molecule has 0 amide bonds. The van der Waals surface area contributed by atoms with Crippen molar-refractivity contribution < 1.29 is 4.74 Å². The Balaban J connectivity index is 2.83. The van der Waals surface area contributed by atoms with E-state index in [-0.39, 0.29) is 0 Å². The van der Waals surface area contributed by atoms with Gasteiger partial charge in [0.05, 0.1) is 19.0 Å². The van der Waals surface area contributed by atoms with Gasteiger partial charge in [0.15, 0.2) is 11.4 Å². The highest BCUT2D eigenvalue weighted by Crippen LogP contribution is 2.15. The molecule has 6 heteroatoms. The maximum absolute atomic E-state index is 8.44. The van der Waals surface area contributed by atoms with Gasteiger partial charge in [-0.1, -0.05) is 11.8 Å². The van der Waals surface area contributed by atoms with Crippen LogP contribution in [0.4, 0.5) is 5.69 Å². The molecule has 0 spiro atoms. The lowest BCUT2D eigenvalue weighted by Gasteiger charge is -2.00. The van der Waals surface area contributed by atoms with Crippen LogP contribution in [0.1, 0.15) is 0 Å². The van der Waals surface area contributed by atoms with Crippen LogP contribution in [0.25, 0.3) is 0 Å². The molecule has 0 bridgehead atoms. The third-order valence-electron chi connectivity index (χ3n) is 1.52. The molecule has 78 valence electrons. The first-order chi connectivity index (χ1) is 7.30. The average molecular weight is 222 g/mol. The predicted molar refractivity (Wildman–Crippen MR) is 60.1 cm³/mol. The van der Waals surface area contributed by atoms with Gasteiger partial charge in [0.25, 0.3) is 0 Å². The van der Waals surface area contributed by atoms with E-state index in [1.54, 1.807) is 25.4 Å². The molecule has 0 aromatic carbocycles. The van der Waals surface area contributed by atoms with E-state index in [1.165, 1.54) is 11.8 Å². The topological polar surface area (TPSA) is 70.3 Å². The highest BCUT2D eigenvalue weighted by molar-refractivity contribution is 8.13. The van der Waals surface area contributed by atoms with Gasteiger partial charge < -0.3 is 4.74 Å². The Kier molecular flexibility index (Phi) is 4.44. The molecule has 15 heavy (non-hydrogen) atoms. The Morgan fingerprint density at radius 2 is 2.47 bits per heavy atom. The van der Waals surface area contributed by atoms with Gasteiger partial charge in [0.2, 0.25) is 5.88 Å². The molecule has 1 aromatic rings. The van der Waals surface area contributed by atoms with Crippen molar-refractivity contribution in [1.29, 1.82) is 5.26 Å². The van der Waals surface area contributed by atoms with Crippen LogP contribution >= 0.6 is 11.8 Å². The molecule has 0 saturated heterocycles. The summed E-state index contributed by atoms with van der Waals surface area (Å²) in [6, 6.07) is 3.48. The number of methoxy groups -OCH3 is 1. The smallest absolute Gasteiger partial charge is 0.213 e. The van der Waals surface area contributed by atoms with Crippen molar-refractivity contribution in [2.45, 2.75) is 0 Å². The van der Waals surface area contributed by atoms with E-state index < -0.39 is 0 Å². The number of nitrogens with one attached hydrogen (secondary N) is 1. The third kappa shape index (κ3) is 3.48. The van der Waals surface area contributed by atoms with E-state index in [0.29, 0.717) is 16.7 Å². The number of ether oxygens (including phenoxy) is 1. The van der Waals surface area contributed by atoms with Crippen LogP contribution in [0.15, 0.2) is 23.3 Å². The van der Waals surface area contributed by atoms with Crippen LogP contribution in [-0.4, -0.2) is 23.5 Å². The van der Waals surface area contributed by atoms with Crippen molar-refractivity contribution in [2.75, 3.05) is 13.4 Å². The Bertz CT molecular complexity index is 382. The molecule has 1 rings (SSSR count). The van der Waals surface area contributed by atoms with Gasteiger partial charge in [-0.3, -0.25) is 5.32 Å². The van der Waals surface area contributed by atoms with Gasteiger partial charge in [-0.05, 0) is 12.3 Å². The first kappa shape index (κ1) is 11.3. The lowest BCUT2D eigenvalue weighted by atomic mass is 10.4. The number of nitrogens with zero attached hydrogens (tertiary/aromatic N) is 3. The number of pyridine rings is 1. The molecule has 0 aliphatic carbocycles. The summed E-state index contributed by atoms with van der Waals surface area (Å²) >= 11 is 1.36. The van der Waals surface area contributed by atoms with Crippen molar-refractivity contribution in [2.24, 2.45) is 4.99 Å². The van der Waals surface area contributed by atoms with Crippen molar-refractivity contribution in [3.63, 3.8) is 0 Å². The van der Waals surface area contributed by atoms with Gasteiger partial charge in [-0.25, -0.2) is 9.98 Å². The number of rotatable bonds is 2. The molecular formula is C9H10N4OS. The normalized spacial score (nSPS) is 10.6. The minimum atomic E-state index is 0.532. The zero-order chi connectivity index (χ0) is 11.1. The standard InChI is InChI=1S/C9H10N4OS/c1-14-8-4-3-7(5-11-8)13-9(15-2)12-6-10/h3-5H,1-2H3,(H,12,13). The van der Waals surface area contributed by atoms with E-state index in [1.807, 2.05) is 12.4 Å². The number of amidine groups is 1. The molecular weight excluding hydrogens is 212 g/mol. The summed E-state index contributed by atoms with van der Waals surface area (Å²) in [5.74, 6) is 0.535. The van der Waals surface area contributed by atoms with E-state index in [4.69, 9.17) is 10.00 Å². The van der Waals surface area contributed by atoms with Crippen LogP contribution in [0.2, 0.25) is 0 Å². The van der Waals surface area contributed by atoms with Gasteiger partial charge in [0.1, 0.15) is 0 Å². The summed E-state index contributed by atoms with van der Waals surface area (Å²) in [4.78, 5) is 8.17. The van der Waals surface area contributed by atoms with Crippen LogP contribution < -0.4 is 10.1 Å². The lowest BCUT2D eigenvalue weighted by Crippen LogP contribution is -2.12. The average Bonchev–Trinajstić information content (AvgIpc) is 2.29. The first-order valence-electron chi connectivity index (χ1n) is 4.08. The molecule has 0 radical (unpaired) electrons. The fourth-order valence-electron chi connectivity index (χ4n) is 0.849. The molecule has 1 heterocycles. The molecule has 1 aromatic heterocycles. The molecule has 0 unspecified atom stereocenters.